The van der Waals surface area contributed by atoms with Gasteiger partial charge in [0.25, 0.3) is 0 Å². The Labute approximate surface area is 177 Å². The van der Waals surface area contributed by atoms with Crippen molar-refractivity contribution in [1.82, 2.24) is 13.9 Å². The van der Waals surface area contributed by atoms with Gasteiger partial charge in [0, 0.05) is 31.7 Å². The molecule has 0 radical (unpaired) electrons. The van der Waals surface area contributed by atoms with Gasteiger partial charge in [0.2, 0.25) is 15.9 Å². The summed E-state index contributed by atoms with van der Waals surface area (Å²) in [6, 6.07) is 12.8. The van der Waals surface area contributed by atoms with Gasteiger partial charge in [0.15, 0.2) is 0 Å². The maximum Gasteiger partial charge on any atom is 0.243 e. The lowest BCUT2D eigenvalue weighted by Crippen LogP contribution is -2.30. The normalized spacial score (nSPS) is 11.9. The molecule has 3 rings (SSSR count). The summed E-state index contributed by atoms with van der Waals surface area (Å²) in [7, 11) is -3.53. The number of fused-ring (bicyclic) bond motifs is 1. The molecule has 1 heterocycles. The van der Waals surface area contributed by atoms with Crippen LogP contribution in [0.15, 0.2) is 53.7 Å². The van der Waals surface area contributed by atoms with Gasteiger partial charge in [-0.3, -0.25) is 4.79 Å². The lowest BCUT2D eigenvalue weighted by molar-refractivity contribution is -0.116. The van der Waals surface area contributed by atoms with Crippen LogP contribution in [-0.4, -0.2) is 41.3 Å². The second-order valence-corrected chi connectivity index (χ2v) is 8.96. The number of aromatic nitrogens is 2. The predicted molar refractivity (Wildman–Crippen MR) is 119 cm³/mol. The third-order valence-corrected chi connectivity index (χ3v) is 7.21. The van der Waals surface area contributed by atoms with Crippen LogP contribution in [0.2, 0.25) is 0 Å². The second kappa shape index (κ2) is 9.40. The summed E-state index contributed by atoms with van der Waals surface area (Å²) in [5.41, 5.74) is 3.39. The Bertz CT molecular complexity index is 1120. The van der Waals surface area contributed by atoms with E-state index in [0.29, 0.717) is 31.6 Å². The smallest absolute Gasteiger partial charge is 0.243 e. The number of carbonyl (C=O) groups excluding carboxylic acids is 1. The number of anilines is 1. The van der Waals surface area contributed by atoms with Crippen molar-refractivity contribution in [3.8, 4) is 0 Å². The van der Waals surface area contributed by atoms with E-state index in [2.05, 4.69) is 17.2 Å². The molecule has 2 aromatic carbocycles. The minimum atomic E-state index is -3.53. The van der Waals surface area contributed by atoms with Gasteiger partial charge >= 0.3 is 0 Å². The Morgan fingerprint density at radius 2 is 1.77 bits per heavy atom. The highest BCUT2D eigenvalue weighted by molar-refractivity contribution is 7.89. The number of aryl methyl sites for hydroxylation is 2. The zero-order valence-electron chi connectivity index (χ0n) is 17.6. The fourth-order valence-corrected chi connectivity index (χ4v) is 4.84. The third kappa shape index (κ3) is 4.71. The number of hydrogen-bond donors (Lipinski definition) is 1. The highest BCUT2D eigenvalue weighted by Crippen LogP contribution is 2.21. The van der Waals surface area contributed by atoms with E-state index >= 15 is 0 Å². The van der Waals surface area contributed by atoms with Crippen molar-refractivity contribution in [3.05, 3.63) is 54.4 Å². The number of nitrogens with zero attached hydrogens (tertiary/aromatic N) is 3. The molecule has 30 heavy (non-hydrogen) atoms. The quantitative estimate of drug-likeness (QED) is 0.564. The molecule has 0 saturated heterocycles. The van der Waals surface area contributed by atoms with E-state index < -0.39 is 10.0 Å². The molecule has 0 atom stereocenters. The molecule has 8 heteroatoms. The van der Waals surface area contributed by atoms with Crippen molar-refractivity contribution >= 4 is 32.7 Å². The summed E-state index contributed by atoms with van der Waals surface area (Å²) in [6.07, 6.45) is 2.89. The molecular weight excluding hydrogens is 400 g/mol. The van der Waals surface area contributed by atoms with Crippen LogP contribution in [0.3, 0.4) is 0 Å². The van der Waals surface area contributed by atoms with Crippen molar-refractivity contribution in [2.24, 2.45) is 0 Å². The van der Waals surface area contributed by atoms with E-state index in [0.717, 1.165) is 17.6 Å². The average molecular weight is 429 g/mol. The van der Waals surface area contributed by atoms with E-state index in [1.165, 1.54) is 9.87 Å². The Hall–Kier alpha value is -2.71. The first-order chi connectivity index (χ1) is 14.4. The first-order valence-corrected chi connectivity index (χ1v) is 11.7. The average Bonchev–Trinajstić information content (AvgIpc) is 3.16. The highest BCUT2D eigenvalue weighted by atomic mass is 32.2. The van der Waals surface area contributed by atoms with Crippen molar-refractivity contribution in [2.45, 2.75) is 45.1 Å². The molecule has 7 nitrogen and oxygen atoms in total. The van der Waals surface area contributed by atoms with Crippen LogP contribution >= 0.6 is 0 Å². The summed E-state index contributed by atoms with van der Waals surface area (Å²) in [5.74, 6) is -0.0816. The summed E-state index contributed by atoms with van der Waals surface area (Å²) >= 11 is 0. The number of hydrogen-bond acceptors (Lipinski definition) is 4. The zero-order chi connectivity index (χ0) is 21.7. The summed E-state index contributed by atoms with van der Waals surface area (Å²) in [6.45, 7) is 7.01. The summed E-state index contributed by atoms with van der Waals surface area (Å²) in [5, 5.41) is 2.90. The molecule has 0 aliphatic rings. The molecule has 160 valence electrons. The molecule has 0 fully saturated rings. The first-order valence-electron chi connectivity index (χ1n) is 10.2. The van der Waals surface area contributed by atoms with Crippen molar-refractivity contribution < 1.29 is 13.2 Å². The lowest BCUT2D eigenvalue weighted by Gasteiger charge is -2.18. The van der Waals surface area contributed by atoms with Gasteiger partial charge in [-0.2, -0.15) is 4.31 Å². The summed E-state index contributed by atoms with van der Waals surface area (Å²) < 4.78 is 28.7. The molecule has 1 amide bonds. The Morgan fingerprint density at radius 3 is 2.40 bits per heavy atom. The van der Waals surface area contributed by atoms with Gasteiger partial charge in [-0.25, -0.2) is 13.4 Å². The minimum Gasteiger partial charge on any atom is -0.330 e. The number of amides is 1. The van der Waals surface area contributed by atoms with Crippen molar-refractivity contribution in [2.75, 3.05) is 18.4 Å². The predicted octanol–water partition coefficient (Wildman–Crippen LogP) is 3.66. The number of rotatable bonds is 9. The van der Waals surface area contributed by atoms with Gasteiger partial charge in [0.1, 0.15) is 0 Å². The molecule has 0 spiro atoms. The van der Waals surface area contributed by atoms with Crippen LogP contribution in [0.4, 0.5) is 5.69 Å². The fraction of sp³-hybridized carbons (Fsp3) is 0.364. The standard InChI is InChI=1S/C22H28N4O3S/c1-4-17-7-9-18(10-8-17)24-22(27)13-14-25-16-23-20-15-19(11-12-21(20)25)30(28,29)26(5-2)6-3/h7-12,15-16H,4-6,13-14H2,1-3H3,(H,24,27). The van der Waals surface area contributed by atoms with Crippen LogP contribution in [0, 0.1) is 0 Å². The van der Waals surface area contributed by atoms with Crippen LogP contribution in [0.5, 0.6) is 0 Å². The number of imidazole rings is 1. The monoisotopic (exact) mass is 428 g/mol. The Balaban J connectivity index is 1.69. The number of carbonyl (C=O) groups is 1. The second-order valence-electron chi connectivity index (χ2n) is 7.03. The van der Waals surface area contributed by atoms with Crippen LogP contribution in [0.1, 0.15) is 32.8 Å². The molecule has 1 N–H and O–H groups in total. The van der Waals surface area contributed by atoms with Gasteiger partial charge in [-0.1, -0.05) is 32.9 Å². The Morgan fingerprint density at radius 1 is 1.07 bits per heavy atom. The molecular formula is C22H28N4O3S. The van der Waals surface area contributed by atoms with Crippen LogP contribution < -0.4 is 5.32 Å². The van der Waals surface area contributed by atoms with E-state index in [1.54, 1.807) is 24.5 Å². The first kappa shape index (κ1) is 22.0. The molecule has 3 aromatic rings. The maximum atomic E-state index is 12.7. The number of benzene rings is 2. The molecule has 0 aliphatic carbocycles. The molecule has 0 unspecified atom stereocenters. The topological polar surface area (TPSA) is 84.3 Å². The van der Waals surface area contributed by atoms with Crippen molar-refractivity contribution in [3.63, 3.8) is 0 Å². The zero-order valence-corrected chi connectivity index (χ0v) is 18.4. The largest absolute Gasteiger partial charge is 0.330 e. The lowest BCUT2D eigenvalue weighted by atomic mass is 10.1. The highest BCUT2D eigenvalue weighted by Gasteiger charge is 2.22. The van der Waals surface area contributed by atoms with E-state index in [1.807, 2.05) is 42.7 Å². The molecule has 0 aliphatic heterocycles. The van der Waals surface area contributed by atoms with Gasteiger partial charge in [0.05, 0.1) is 22.3 Å². The van der Waals surface area contributed by atoms with Gasteiger partial charge in [-0.05, 0) is 42.3 Å². The molecule has 0 bridgehead atoms. The number of sulfonamides is 1. The number of nitrogens with one attached hydrogen (secondary N) is 1. The van der Waals surface area contributed by atoms with Gasteiger partial charge in [-0.15, -0.1) is 0 Å². The van der Waals surface area contributed by atoms with E-state index in [-0.39, 0.29) is 10.8 Å². The van der Waals surface area contributed by atoms with E-state index in [9.17, 15) is 13.2 Å². The maximum absolute atomic E-state index is 12.7. The Kier molecular flexibility index (Phi) is 6.89. The van der Waals surface area contributed by atoms with E-state index in [4.69, 9.17) is 0 Å². The van der Waals surface area contributed by atoms with Crippen LogP contribution in [0.25, 0.3) is 11.0 Å². The molecule has 1 aromatic heterocycles. The third-order valence-electron chi connectivity index (χ3n) is 5.16. The fourth-order valence-electron chi connectivity index (χ4n) is 3.36. The molecule has 0 saturated carbocycles. The summed E-state index contributed by atoms with van der Waals surface area (Å²) in [4.78, 5) is 16.9. The van der Waals surface area contributed by atoms with Crippen LogP contribution in [-0.2, 0) is 27.8 Å². The van der Waals surface area contributed by atoms with Crippen molar-refractivity contribution in [1.29, 1.82) is 0 Å². The SMILES string of the molecule is CCc1ccc(NC(=O)CCn2cnc3cc(S(=O)(=O)N(CC)CC)ccc32)cc1. The minimum absolute atomic E-state index is 0.0816. The van der Waals surface area contributed by atoms with Gasteiger partial charge < -0.3 is 9.88 Å².